The Labute approximate surface area is 102 Å². The first-order chi connectivity index (χ1) is 6.68. The molecule has 0 fully saturated rings. The maximum absolute atomic E-state index is 10.7. The molecule has 0 saturated heterocycles. The Hall–Kier alpha value is -1.09. The van der Waals surface area contributed by atoms with Crippen LogP contribution < -0.4 is 24.0 Å². The van der Waals surface area contributed by atoms with E-state index in [1.165, 1.54) is 22.2 Å². The number of carbonyl (C=O) groups excluding carboxylic acids is 1. The fraction of sp³-hybridized carbons (Fsp3) is 0.125. The Balaban J connectivity index is 0.00000112. The Bertz CT molecular complexity index is 466. The molecule has 0 aromatic carbocycles. The summed E-state index contributed by atoms with van der Waals surface area (Å²) in [6, 6.07) is 0. The SMILES string of the molecule is Cn1cc(C(=O)[O-])c(-c2nccs2)n1.[Li+]. The van der Waals surface area contributed by atoms with Gasteiger partial charge in [-0.05, 0) is 0 Å². The van der Waals surface area contributed by atoms with Crippen molar-refractivity contribution in [2.75, 3.05) is 0 Å². The molecule has 0 unspecified atom stereocenters. The van der Waals surface area contributed by atoms with E-state index in [-0.39, 0.29) is 24.4 Å². The molecule has 0 N–H and O–H groups in total. The number of carboxylic acids is 1. The van der Waals surface area contributed by atoms with Crippen LogP contribution >= 0.6 is 11.3 Å². The minimum absolute atomic E-state index is 0. The molecule has 2 heterocycles. The molecule has 0 spiro atoms. The number of aromatic nitrogens is 3. The summed E-state index contributed by atoms with van der Waals surface area (Å²) in [5.41, 5.74) is 0.435. The third kappa shape index (κ3) is 2.29. The molecule has 2 aromatic heterocycles. The summed E-state index contributed by atoms with van der Waals surface area (Å²) in [7, 11) is 1.66. The number of hydrogen-bond donors (Lipinski definition) is 0. The average molecular weight is 215 g/mol. The maximum Gasteiger partial charge on any atom is 1.00 e. The van der Waals surface area contributed by atoms with Crippen molar-refractivity contribution in [2.45, 2.75) is 0 Å². The van der Waals surface area contributed by atoms with Gasteiger partial charge in [-0.1, -0.05) is 0 Å². The van der Waals surface area contributed by atoms with Gasteiger partial charge in [0.25, 0.3) is 0 Å². The quantitative estimate of drug-likeness (QED) is 0.498. The van der Waals surface area contributed by atoms with E-state index >= 15 is 0 Å². The Morgan fingerprint density at radius 1 is 1.60 bits per heavy atom. The summed E-state index contributed by atoms with van der Waals surface area (Å²) < 4.78 is 1.43. The van der Waals surface area contributed by atoms with E-state index < -0.39 is 5.97 Å². The molecule has 0 aliphatic heterocycles. The van der Waals surface area contributed by atoms with Crippen molar-refractivity contribution in [1.29, 1.82) is 0 Å². The van der Waals surface area contributed by atoms with Crippen LogP contribution in [0.5, 0.6) is 0 Å². The van der Waals surface area contributed by atoms with Crippen LogP contribution in [0.25, 0.3) is 10.7 Å². The standard InChI is InChI=1S/C8H7N3O2S.Li/c1-11-4-5(8(12)13)6(10-11)7-9-2-3-14-7;/h2-4H,1H3,(H,12,13);/q;+1/p-1. The van der Waals surface area contributed by atoms with Gasteiger partial charge < -0.3 is 9.90 Å². The third-order valence-corrected chi connectivity index (χ3v) is 2.46. The first-order valence-corrected chi connectivity index (χ1v) is 4.71. The van der Waals surface area contributed by atoms with Gasteiger partial charge in [-0.3, -0.25) is 4.68 Å². The molecule has 0 saturated carbocycles. The van der Waals surface area contributed by atoms with E-state index in [1.54, 1.807) is 18.6 Å². The monoisotopic (exact) mass is 215 g/mol. The number of hydrogen-bond acceptors (Lipinski definition) is 5. The fourth-order valence-electron chi connectivity index (χ4n) is 1.14. The van der Waals surface area contributed by atoms with Gasteiger partial charge in [-0.25, -0.2) is 4.98 Å². The molecule has 0 bridgehead atoms. The Morgan fingerprint density at radius 2 is 2.33 bits per heavy atom. The Morgan fingerprint density at radius 3 is 2.87 bits per heavy atom. The molecule has 0 aliphatic rings. The van der Waals surface area contributed by atoms with Gasteiger partial charge >= 0.3 is 18.9 Å². The zero-order valence-electron chi connectivity index (χ0n) is 8.30. The number of nitrogens with zero attached hydrogens (tertiary/aromatic N) is 3. The van der Waals surface area contributed by atoms with Crippen LogP contribution in [0.15, 0.2) is 17.8 Å². The molecule has 0 atom stereocenters. The first kappa shape index (κ1) is 12.0. The largest absolute Gasteiger partial charge is 1.00 e. The van der Waals surface area contributed by atoms with Crippen LogP contribution in [0.4, 0.5) is 0 Å². The molecule has 0 aliphatic carbocycles. The van der Waals surface area contributed by atoms with Crippen LogP contribution in [0.3, 0.4) is 0 Å². The summed E-state index contributed by atoms with van der Waals surface area (Å²) in [4.78, 5) is 14.7. The molecule has 0 amide bonds. The van der Waals surface area contributed by atoms with E-state index in [0.717, 1.165) is 0 Å². The van der Waals surface area contributed by atoms with Gasteiger partial charge in [-0.2, -0.15) is 5.10 Å². The molecular formula is C8H6LiN3O2S. The smallest absolute Gasteiger partial charge is 0.545 e. The summed E-state index contributed by atoms with van der Waals surface area (Å²) in [6.07, 6.45) is 3.01. The molecule has 2 rings (SSSR count). The van der Waals surface area contributed by atoms with Gasteiger partial charge in [0.05, 0.1) is 5.97 Å². The number of thiazole rings is 1. The molecule has 2 aromatic rings. The number of rotatable bonds is 2. The zero-order valence-corrected chi connectivity index (χ0v) is 9.11. The van der Waals surface area contributed by atoms with E-state index in [4.69, 9.17) is 0 Å². The van der Waals surface area contributed by atoms with Crippen molar-refractivity contribution in [3.63, 3.8) is 0 Å². The third-order valence-electron chi connectivity index (χ3n) is 1.68. The minimum Gasteiger partial charge on any atom is -0.545 e. The van der Waals surface area contributed by atoms with Crippen molar-refractivity contribution < 1.29 is 28.8 Å². The predicted octanol–water partition coefficient (Wildman–Crippen LogP) is -3.09. The molecule has 0 radical (unpaired) electrons. The van der Waals surface area contributed by atoms with E-state index in [2.05, 4.69) is 10.1 Å². The maximum atomic E-state index is 10.7. The van der Waals surface area contributed by atoms with E-state index in [0.29, 0.717) is 10.7 Å². The van der Waals surface area contributed by atoms with Gasteiger partial charge in [0.15, 0.2) is 0 Å². The van der Waals surface area contributed by atoms with E-state index in [1.807, 2.05) is 0 Å². The second kappa shape index (κ2) is 4.62. The van der Waals surface area contributed by atoms with Crippen molar-refractivity contribution in [1.82, 2.24) is 14.8 Å². The predicted molar refractivity (Wildman–Crippen MR) is 48.6 cm³/mol. The van der Waals surface area contributed by atoms with Crippen molar-refractivity contribution in [2.24, 2.45) is 7.05 Å². The molecule has 5 nitrogen and oxygen atoms in total. The average Bonchev–Trinajstić information content (AvgIpc) is 2.70. The topological polar surface area (TPSA) is 70.8 Å². The summed E-state index contributed by atoms with van der Waals surface area (Å²) in [5.74, 6) is -1.23. The number of aromatic carboxylic acids is 1. The van der Waals surface area contributed by atoms with Crippen LogP contribution in [0.1, 0.15) is 10.4 Å². The second-order valence-electron chi connectivity index (χ2n) is 2.69. The molecule has 7 heteroatoms. The second-order valence-corrected chi connectivity index (χ2v) is 3.58. The molecule has 15 heavy (non-hydrogen) atoms. The van der Waals surface area contributed by atoms with Gasteiger partial charge in [0.1, 0.15) is 10.7 Å². The number of aryl methyl sites for hydroxylation is 1. The van der Waals surface area contributed by atoms with Crippen LogP contribution in [-0.4, -0.2) is 20.7 Å². The van der Waals surface area contributed by atoms with Gasteiger partial charge in [-0.15, -0.1) is 11.3 Å². The van der Waals surface area contributed by atoms with Crippen molar-refractivity contribution in [3.05, 3.63) is 23.3 Å². The summed E-state index contributed by atoms with van der Waals surface area (Å²) >= 11 is 1.34. The van der Waals surface area contributed by atoms with Crippen molar-refractivity contribution >= 4 is 17.3 Å². The number of carboxylic acid groups (broad SMARTS) is 1. The van der Waals surface area contributed by atoms with Crippen LogP contribution in [0.2, 0.25) is 0 Å². The molecule has 72 valence electrons. The van der Waals surface area contributed by atoms with Crippen LogP contribution in [-0.2, 0) is 7.05 Å². The first-order valence-electron chi connectivity index (χ1n) is 3.83. The van der Waals surface area contributed by atoms with E-state index in [9.17, 15) is 9.90 Å². The van der Waals surface area contributed by atoms with Crippen LogP contribution in [0, 0.1) is 0 Å². The minimum atomic E-state index is -1.23. The summed E-state index contributed by atoms with van der Waals surface area (Å²) in [6.45, 7) is 0. The Kier molecular flexibility index (Phi) is 3.69. The zero-order chi connectivity index (χ0) is 10.1. The molecular weight excluding hydrogens is 209 g/mol. The summed E-state index contributed by atoms with van der Waals surface area (Å²) in [5, 5.41) is 17.1. The van der Waals surface area contributed by atoms with Gasteiger partial charge in [0, 0.05) is 30.4 Å². The number of carbonyl (C=O) groups is 1. The fourth-order valence-corrected chi connectivity index (χ4v) is 1.77. The van der Waals surface area contributed by atoms with Gasteiger partial charge in [0.2, 0.25) is 0 Å². The van der Waals surface area contributed by atoms with Crippen molar-refractivity contribution in [3.8, 4) is 10.7 Å². The normalized spacial score (nSPS) is 9.67.